The summed E-state index contributed by atoms with van der Waals surface area (Å²) in [6, 6.07) is 21.9. The van der Waals surface area contributed by atoms with Crippen LogP contribution < -0.4 is 10.6 Å². The molecule has 1 aliphatic rings. The van der Waals surface area contributed by atoms with Gasteiger partial charge >= 0.3 is 6.03 Å². The lowest BCUT2D eigenvalue weighted by Crippen LogP contribution is -2.31. The van der Waals surface area contributed by atoms with Crippen LogP contribution in [-0.4, -0.2) is 26.8 Å². The fraction of sp³-hybridized carbons (Fsp3) is 0.233. The molecule has 0 spiro atoms. The van der Waals surface area contributed by atoms with Crippen molar-refractivity contribution in [3.63, 3.8) is 0 Å². The first-order chi connectivity index (χ1) is 17.9. The SMILES string of the molecule is Cc1ccc(CNC(=O)n2nc(-c3ccc(NC(=O)c4ccccc4C)cc3O)cc2C2CCC2)cc1. The van der Waals surface area contributed by atoms with Gasteiger partial charge in [0.1, 0.15) is 5.75 Å². The van der Waals surface area contributed by atoms with Crippen molar-refractivity contribution in [3.05, 3.63) is 101 Å². The van der Waals surface area contributed by atoms with E-state index in [0.717, 1.165) is 36.1 Å². The molecule has 7 heteroatoms. The number of amides is 2. The lowest BCUT2D eigenvalue weighted by molar-refractivity contribution is 0.102. The number of carbonyl (C=O) groups is 2. The third-order valence-electron chi connectivity index (χ3n) is 6.94. The van der Waals surface area contributed by atoms with Crippen LogP contribution in [0.5, 0.6) is 5.75 Å². The number of hydrogen-bond acceptors (Lipinski definition) is 4. The molecular formula is C30H30N4O3. The van der Waals surface area contributed by atoms with Gasteiger partial charge in [-0.25, -0.2) is 4.79 Å². The molecule has 0 bridgehead atoms. The van der Waals surface area contributed by atoms with Crippen LogP contribution in [-0.2, 0) is 6.54 Å². The van der Waals surface area contributed by atoms with Gasteiger partial charge in [-0.1, -0.05) is 54.4 Å². The molecule has 1 aliphatic carbocycles. The molecule has 1 heterocycles. The molecule has 0 atom stereocenters. The number of anilines is 1. The van der Waals surface area contributed by atoms with Gasteiger partial charge in [0.25, 0.3) is 5.91 Å². The van der Waals surface area contributed by atoms with E-state index in [-0.39, 0.29) is 23.6 Å². The Balaban J connectivity index is 1.36. The largest absolute Gasteiger partial charge is 0.507 e. The number of aryl methyl sites for hydroxylation is 2. The fourth-order valence-electron chi connectivity index (χ4n) is 4.50. The number of phenols is 1. The number of aromatic nitrogens is 2. The summed E-state index contributed by atoms with van der Waals surface area (Å²) in [5.41, 5.74) is 5.96. The Morgan fingerprint density at radius 1 is 1.00 bits per heavy atom. The van der Waals surface area contributed by atoms with Crippen LogP contribution in [0.25, 0.3) is 11.3 Å². The van der Waals surface area contributed by atoms with Gasteiger partial charge in [0, 0.05) is 35.3 Å². The highest BCUT2D eigenvalue weighted by molar-refractivity contribution is 6.05. The van der Waals surface area contributed by atoms with Crippen molar-refractivity contribution in [3.8, 4) is 17.0 Å². The maximum Gasteiger partial charge on any atom is 0.342 e. The summed E-state index contributed by atoms with van der Waals surface area (Å²) in [6.07, 6.45) is 3.13. The van der Waals surface area contributed by atoms with Crippen LogP contribution in [0.4, 0.5) is 10.5 Å². The number of nitrogens with one attached hydrogen (secondary N) is 2. The first kappa shape index (κ1) is 24.3. The Hall–Kier alpha value is -4.39. The third-order valence-corrected chi connectivity index (χ3v) is 6.94. The molecule has 5 rings (SSSR count). The van der Waals surface area contributed by atoms with Gasteiger partial charge in [0.2, 0.25) is 0 Å². The molecule has 2 amide bonds. The van der Waals surface area contributed by atoms with Crippen LogP contribution in [0.15, 0.2) is 72.8 Å². The molecule has 0 unspecified atom stereocenters. The van der Waals surface area contributed by atoms with Crippen LogP contribution >= 0.6 is 0 Å². The smallest absolute Gasteiger partial charge is 0.342 e. The van der Waals surface area contributed by atoms with Gasteiger partial charge in [-0.05, 0) is 62.1 Å². The van der Waals surface area contributed by atoms with E-state index < -0.39 is 0 Å². The highest BCUT2D eigenvalue weighted by Crippen LogP contribution is 2.39. The van der Waals surface area contributed by atoms with E-state index in [4.69, 9.17) is 0 Å². The van der Waals surface area contributed by atoms with Gasteiger partial charge in [-0.15, -0.1) is 0 Å². The van der Waals surface area contributed by atoms with E-state index >= 15 is 0 Å². The number of phenolic OH excluding ortho intramolecular Hbond substituents is 1. The number of benzene rings is 3. The quantitative estimate of drug-likeness (QED) is 0.300. The van der Waals surface area contributed by atoms with Crippen molar-refractivity contribution < 1.29 is 14.7 Å². The summed E-state index contributed by atoms with van der Waals surface area (Å²) in [7, 11) is 0. The Kier molecular flexibility index (Phi) is 6.77. The van der Waals surface area contributed by atoms with Crippen molar-refractivity contribution >= 4 is 17.6 Å². The van der Waals surface area contributed by atoms with E-state index in [1.54, 1.807) is 18.2 Å². The topological polar surface area (TPSA) is 96.3 Å². The molecular weight excluding hydrogens is 464 g/mol. The molecule has 37 heavy (non-hydrogen) atoms. The average Bonchev–Trinajstić information content (AvgIpc) is 3.27. The number of hydrogen-bond donors (Lipinski definition) is 3. The predicted molar refractivity (Wildman–Crippen MR) is 144 cm³/mol. The highest BCUT2D eigenvalue weighted by atomic mass is 16.3. The zero-order chi connectivity index (χ0) is 25.9. The summed E-state index contributed by atoms with van der Waals surface area (Å²) < 4.78 is 1.43. The van der Waals surface area contributed by atoms with Crippen molar-refractivity contribution in [2.75, 3.05) is 5.32 Å². The molecule has 0 radical (unpaired) electrons. The average molecular weight is 495 g/mol. The maximum absolute atomic E-state index is 13.1. The number of carbonyl (C=O) groups excluding carboxylic acids is 2. The minimum atomic E-state index is -0.296. The zero-order valence-electron chi connectivity index (χ0n) is 21.0. The summed E-state index contributed by atoms with van der Waals surface area (Å²) in [6.45, 7) is 4.31. The Labute approximate surface area is 216 Å². The minimum Gasteiger partial charge on any atom is -0.507 e. The molecule has 3 N–H and O–H groups in total. The second kappa shape index (κ2) is 10.3. The van der Waals surface area contributed by atoms with Crippen molar-refractivity contribution in [2.45, 2.75) is 45.6 Å². The Morgan fingerprint density at radius 3 is 2.43 bits per heavy atom. The summed E-state index contributed by atoms with van der Waals surface area (Å²) in [5, 5.41) is 21.2. The molecule has 1 aromatic heterocycles. The van der Waals surface area contributed by atoms with Crippen molar-refractivity contribution in [1.29, 1.82) is 0 Å². The molecule has 3 aromatic carbocycles. The van der Waals surface area contributed by atoms with Crippen LogP contribution in [0.2, 0.25) is 0 Å². The molecule has 0 aliphatic heterocycles. The van der Waals surface area contributed by atoms with Gasteiger partial charge in [-0.2, -0.15) is 9.78 Å². The highest BCUT2D eigenvalue weighted by Gasteiger charge is 2.27. The van der Waals surface area contributed by atoms with E-state index in [0.29, 0.717) is 29.1 Å². The molecule has 1 fully saturated rings. The van der Waals surface area contributed by atoms with Crippen molar-refractivity contribution in [2.24, 2.45) is 0 Å². The number of aromatic hydroxyl groups is 1. The standard InChI is InChI=1S/C30H30N4O3/c1-19-10-12-21(13-11-19)18-31-30(37)34-27(22-7-5-8-22)17-26(33-34)25-15-14-23(16-28(25)35)32-29(36)24-9-4-3-6-20(24)2/h3-4,6,9-17,22,35H,5,7-8,18H2,1-2H3,(H,31,37)(H,32,36). The van der Waals surface area contributed by atoms with E-state index in [1.807, 2.05) is 62.4 Å². The van der Waals surface area contributed by atoms with Crippen LogP contribution in [0.1, 0.15) is 57.9 Å². The van der Waals surface area contributed by atoms with E-state index in [2.05, 4.69) is 15.7 Å². The number of nitrogens with zero attached hydrogens (tertiary/aromatic N) is 2. The first-order valence-corrected chi connectivity index (χ1v) is 12.5. The van der Waals surface area contributed by atoms with Gasteiger partial charge in [-0.3, -0.25) is 4.79 Å². The lowest BCUT2D eigenvalue weighted by Gasteiger charge is -2.25. The minimum absolute atomic E-state index is 0.0209. The summed E-state index contributed by atoms with van der Waals surface area (Å²) in [4.78, 5) is 25.8. The normalized spacial score (nSPS) is 13.1. The van der Waals surface area contributed by atoms with E-state index in [9.17, 15) is 14.7 Å². The van der Waals surface area contributed by atoms with Gasteiger partial charge < -0.3 is 15.7 Å². The summed E-state index contributed by atoms with van der Waals surface area (Å²) >= 11 is 0. The molecule has 0 saturated heterocycles. The van der Waals surface area contributed by atoms with E-state index in [1.165, 1.54) is 16.3 Å². The Bertz CT molecular complexity index is 1450. The molecule has 1 saturated carbocycles. The maximum atomic E-state index is 13.1. The summed E-state index contributed by atoms with van der Waals surface area (Å²) in [5.74, 6) is 0.000642. The predicted octanol–water partition coefficient (Wildman–Crippen LogP) is 6.15. The Morgan fingerprint density at radius 2 is 1.76 bits per heavy atom. The van der Waals surface area contributed by atoms with Gasteiger partial charge in [0.05, 0.1) is 11.4 Å². The molecule has 4 aromatic rings. The van der Waals surface area contributed by atoms with Crippen molar-refractivity contribution in [1.82, 2.24) is 15.1 Å². The van der Waals surface area contributed by atoms with Crippen LogP contribution in [0, 0.1) is 13.8 Å². The molecule has 188 valence electrons. The fourth-order valence-corrected chi connectivity index (χ4v) is 4.50. The van der Waals surface area contributed by atoms with Crippen LogP contribution in [0.3, 0.4) is 0 Å². The second-order valence-corrected chi connectivity index (χ2v) is 9.64. The molecule has 7 nitrogen and oxygen atoms in total. The third kappa shape index (κ3) is 5.26. The lowest BCUT2D eigenvalue weighted by atomic mass is 9.82. The monoisotopic (exact) mass is 494 g/mol. The number of rotatable bonds is 6. The zero-order valence-corrected chi connectivity index (χ0v) is 21.0. The second-order valence-electron chi connectivity index (χ2n) is 9.64. The van der Waals surface area contributed by atoms with Gasteiger partial charge in [0.15, 0.2) is 0 Å². The first-order valence-electron chi connectivity index (χ1n) is 12.5.